The fourth-order valence-corrected chi connectivity index (χ4v) is 3.50. The van der Waals surface area contributed by atoms with Gasteiger partial charge in [-0.15, -0.1) is 0 Å². The zero-order valence-electron chi connectivity index (χ0n) is 15.3. The number of amides is 1. The molecule has 1 aliphatic rings. The van der Waals surface area contributed by atoms with E-state index in [0.29, 0.717) is 13.1 Å². The van der Waals surface area contributed by atoms with Gasteiger partial charge in [-0.3, -0.25) is 4.79 Å². The normalized spacial score (nSPS) is 15.2. The number of carbonyl (C=O) groups is 1. The minimum Gasteiger partial charge on any atom is -0.481 e. The summed E-state index contributed by atoms with van der Waals surface area (Å²) < 4.78 is 33.5. The van der Waals surface area contributed by atoms with E-state index in [1.807, 2.05) is 7.05 Å². The quantitative estimate of drug-likeness (QED) is 0.688. The van der Waals surface area contributed by atoms with Crippen molar-refractivity contribution in [2.45, 2.75) is 18.8 Å². The monoisotopic (exact) mass is 387 g/mol. The Morgan fingerprint density at radius 3 is 2.71 bits per heavy atom. The van der Waals surface area contributed by atoms with E-state index >= 15 is 0 Å². The molecule has 1 aliphatic heterocycles. The summed E-state index contributed by atoms with van der Waals surface area (Å²) >= 11 is 0. The molecular weight excluding hydrogens is 368 g/mol. The number of carbonyl (C=O) groups excluding carboxylic acids is 1. The molecule has 2 aromatic heterocycles. The number of halogens is 2. The van der Waals surface area contributed by atoms with E-state index in [0.717, 1.165) is 41.8 Å². The van der Waals surface area contributed by atoms with Crippen LogP contribution in [0.1, 0.15) is 24.5 Å². The van der Waals surface area contributed by atoms with E-state index in [4.69, 9.17) is 4.74 Å². The molecule has 3 heterocycles. The van der Waals surface area contributed by atoms with Crippen LogP contribution in [0.5, 0.6) is 5.75 Å². The standard InChI is InChI=1S/C19H19F2N5O2/c1-25-19-18(22-6-7-23-19)17(24-25)12-4-8-26(9-5-12)16(27)11-28-15-3-2-13(20)10-14(15)21/h2-3,6-7,10,12H,4-5,8-9,11H2,1H3. The topological polar surface area (TPSA) is 73.1 Å². The average Bonchev–Trinajstić information content (AvgIpc) is 3.04. The van der Waals surface area contributed by atoms with E-state index in [-0.39, 0.29) is 24.2 Å². The van der Waals surface area contributed by atoms with E-state index in [2.05, 4.69) is 15.1 Å². The van der Waals surface area contributed by atoms with Crippen molar-refractivity contribution in [3.63, 3.8) is 0 Å². The summed E-state index contributed by atoms with van der Waals surface area (Å²) in [7, 11) is 1.84. The molecule has 0 spiro atoms. The fourth-order valence-electron chi connectivity index (χ4n) is 3.50. The minimum atomic E-state index is -0.824. The first-order chi connectivity index (χ1) is 13.5. The summed E-state index contributed by atoms with van der Waals surface area (Å²) in [6.07, 6.45) is 4.79. The van der Waals surface area contributed by atoms with Gasteiger partial charge in [-0.05, 0) is 25.0 Å². The van der Waals surface area contributed by atoms with Crippen LogP contribution in [0.2, 0.25) is 0 Å². The van der Waals surface area contributed by atoms with Gasteiger partial charge in [0, 0.05) is 44.5 Å². The molecule has 7 nitrogen and oxygen atoms in total. The molecule has 1 saturated heterocycles. The lowest BCUT2D eigenvalue weighted by molar-refractivity contribution is -0.134. The molecule has 0 atom stereocenters. The van der Waals surface area contributed by atoms with Gasteiger partial charge < -0.3 is 9.64 Å². The largest absolute Gasteiger partial charge is 0.481 e. The van der Waals surface area contributed by atoms with Gasteiger partial charge in [0.15, 0.2) is 23.8 Å². The molecule has 1 fully saturated rings. The Morgan fingerprint density at radius 1 is 1.21 bits per heavy atom. The van der Waals surface area contributed by atoms with Crippen LogP contribution in [0.25, 0.3) is 11.2 Å². The highest BCUT2D eigenvalue weighted by Gasteiger charge is 2.28. The zero-order chi connectivity index (χ0) is 19.7. The molecule has 0 radical (unpaired) electrons. The van der Waals surface area contributed by atoms with Gasteiger partial charge in [-0.1, -0.05) is 0 Å². The van der Waals surface area contributed by atoms with Crippen LogP contribution in [-0.2, 0) is 11.8 Å². The molecule has 1 aromatic carbocycles. The first-order valence-corrected chi connectivity index (χ1v) is 9.02. The number of benzene rings is 1. The van der Waals surface area contributed by atoms with Gasteiger partial charge in [0.1, 0.15) is 11.3 Å². The van der Waals surface area contributed by atoms with Gasteiger partial charge in [-0.2, -0.15) is 5.10 Å². The Balaban J connectivity index is 1.36. The molecule has 0 aliphatic carbocycles. The maximum Gasteiger partial charge on any atom is 0.260 e. The number of ether oxygens (including phenoxy) is 1. The molecule has 1 amide bonds. The second-order valence-corrected chi connectivity index (χ2v) is 6.76. The Hall–Kier alpha value is -3.10. The predicted molar refractivity (Wildman–Crippen MR) is 96.7 cm³/mol. The summed E-state index contributed by atoms with van der Waals surface area (Å²) in [5.74, 6) is -1.68. The second kappa shape index (κ2) is 7.49. The molecular formula is C19H19F2N5O2. The van der Waals surface area contributed by atoms with Gasteiger partial charge in [-0.25, -0.2) is 23.4 Å². The molecule has 0 N–H and O–H groups in total. The van der Waals surface area contributed by atoms with E-state index in [9.17, 15) is 13.6 Å². The van der Waals surface area contributed by atoms with Gasteiger partial charge in [0.05, 0.1) is 5.69 Å². The number of hydrogen-bond acceptors (Lipinski definition) is 5. The molecule has 146 valence electrons. The second-order valence-electron chi connectivity index (χ2n) is 6.76. The molecule has 0 saturated carbocycles. The number of fused-ring (bicyclic) bond motifs is 1. The van der Waals surface area contributed by atoms with Crippen molar-refractivity contribution in [2.24, 2.45) is 7.05 Å². The van der Waals surface area contributed by atoms with Gasteiger partial charge in [0.25, 0.3) is 5.91 Å². The highest BCUT2D eigenvalue weighted by Crippen LogP contribution is 2.30. The first kappa shape index (κ1) is 18.3. The molecule has 3 aromatic rings. The molecule has 4 rings (SSSR count). The number of nitrogens with zero attached hydrogens (tertiary/aromatic N) is 5. The van der Waals surface area contributed by atoms with Crippen molar-refractivity contribution in [3.05, 3.63) is 47.9 Å². The van der Waals surface area contributed by atoms with E-state index < -0.39 is 11.6 Å². The average molecular weight is 387 g/mol. The van der Waals surface area contributed by atoms with Crippen LogP contribution in [0, 0.1) is 11.6 Å². The smallest absolute Gasteiger partial charge is 0.260 e. The Labute approximate surface area is 159 Å². The Morgan fingerprint density at radius 2 is 1.96 bits per heavy atom. The molecule has 0 unspecified atom stereocenters. The van der Waals surface area contributed by atoms with Crippen molar-refractivity contribution in [2.75, 3.05) is 19.7 Å². The number of rotatable bonds is 4. The number of aryl methyl sites for hydroxylation is 1. The van der Waals surface area contributed by atoms with Crippen LogP contribution in [0.3, 0.4) is 0 Å². The van der Waals surface area contributed by atoms with Gasteiger partial charge in [0.2, 0.25) is 0 Å². The van der Waals surface area contributed by atoms with Crippen LogP contribution in [0.15, 0.2) is 30.6 Å². The summed E-state index contributed by atoms with van der Waals surface area (Å²) in [6.45, 7) is 0.819. The SMILES string of the molecule is Cn1nc(C2CCN(C(=O)COc3ccc(F)cc3F)CC2)c2nccnc21. The third-order valence-electron chi connectivity index (χ3n) is 4.97. The summed E-state index contributed by atoms with van der Waals surface area (Å²) in [5.41, 5.74) is 2.44. The van der Waals surface area contributed by atoms with Crippen LogP contribution in [0.4, 0.5) is 8.78 Å². The molecule has 9 heteroatoms. The van der Waals surface area contributed by atoms with E-state index in [1.165, 1.54) is 6.07 Å². The number of likely N-dealkylation sites (tertiary alicyclic amines) is 1. The van der Waals surface area contributed by atoms with Crippen molar-refractivity contribution in [1.29, 1.82) is 0 Å². The van der Waals surface area contributed by atoms with Crippen LogP contribution >= 0.6 is 0 Å². The third-order valence-corrected chi connectivity index (χ3v) is 4.97. The van der Waals surface area contributed by atoms with Gasteiger partial charge >= 0.3 is 0 Å². The lowest BCUT2D eigenvalue weighted by atomic mass is 9.93. The lowest BCUT2D eigenvalue weighted by Gasteiger charge is -2.31. The summed E-state index contributed by atoms with van der Waals surface area (Å²) in [6, 6.07) is 3.00. The van der Waals surface area contributed by atoms with Crippen LogP contribution < -0.4 is 4.74 Å². The number of hydrogen-bond donors (Lipinski definition) is 0. The molecule has 28 heavy (non-hydrogen) atoms. The van der Waals surface area contributed by atoms with Crippen LogP contribution in [-0.4, -0.2) is 50.3 Å². The molecule has 0 bridgehead atoms. The fraction of sp³-hybridized carbons (Fsp3) is 0.368. The maximum absolute atomic E-state index is 13.6. The number of aromatic nitrogens is 4. The van der Waals surface area contributed by atoms with Crippen molar-refractivity contribution in [3.8, 4) is 5.75 Å². The summed E-state index contributed by atoms with van der Waals surface area (Å²) in [4.78, 5) is 22.8. The zero-order valence-corrected chi connectivity index (χ0v) is 15.3. The highest BCUT2D eigenvalue weighted by atomic mass is 19.1. The van der Waals surface area contributed by atoms with Crippen molar-refractivity contribution >= 4 is 17.1 Å². The highest BCUT2D eigenvalue weighted by molar-refractivity contribution is 5.78. The summed E-state index contributed by atoms with van der Waals surface area (Å²) in [5, 5.41) is 4.57. The first-order valence-electron chi connectivity index (χ1n) is 9.02. The van der Waals surface area contributed by atoms with E-state index in [1.54, 1.807) is 22.0 Å². The predicted octanol–water partition coefficient (Wildman–Crippen LogP) is 2.43. The van der Waals surface area contributed by atoms with Crippen molar-refractivity contribution < 1.29 is 18.3 Å². The Bertz CT molecular complexity index is 1010. The number of piperidine rings is 1. The minimum absolute atomic E-state index is 0.136. The third kappa shape index (κ3) is 3.51. The lowest BCUT2D eigenvalue weighted by Crippen LogP contribution is -2.40. The Kier molecular flexibility index (Phi) is 4.89. The van der Waals surface area contributed by atoms with Crippen molar-refractivity contribution in [1.82, 2.24) is 24.6 Å². The maximum atomic E-state index is 13.6.